The van der Waals surface area contributed by atoms with Crippen molar-refractivity contribution >= 4 is 16.7 Å². The van der Waals surface area contributed by atoms with Gasteiger partial charge in [-0.1, -0.05) is 18.2 Å². The number of benzene rings is 1. The fourth-order valence-electron chi connectivity index (χ4n) is 2.38. The summed E-state index contributed by atoms with van der Waals surface area (Å²) in [4.78, 5) is 4.56. The number of furan rings is 1. The molecule has 21 heavy (non-hydrogen) atoms. The quantitative estimate of drug-likeness (QED) is 0.789. The van der Waals surface area contributed by atoms with Gasteiger partial charge in [0.05, 0.1) is 23.4 Å². The van der Waals surface area contributed by atoms with Crippen LogP contribution in [0, 0.1) is 11.3 Å². The smallest absolute Gasteiger partial charge is 0.128 e. The van der Waals surface area contributed by atoms with Crippen molar-refractivity contribution in [1.82, 2.24) is 4.98 Å². The molecule has 4 heteroatoms. The number of anilines is 1. The lowest BCUT2D eigenvalue weighted by atomic mass is 10.1. The molecule has 4 nitrogen and oxygen atoms in total. The lowest BCUT2D eigenvalue weighted by Crippen LogP contribution is -2.18. The van der Waals surface area contributed by atoms with Crippen LogP contribution in [0.5, 0.6) is 0 Å². The number of pyridine rings is 1. The number of nitrogens with one attached hydrogen (secondary N) is 1. The molecule has 104 valence electrons. The standard InChI is InChI=1S/C17H15N3O/c1-12(9-14-5-4-8-21-14)19-17-10-13(11-18)15-6-2-3-7-16(15)20-17/h2-8,10,12H,9H2,1H3,(H,19,20). The van der Waals surface area contributed by atoms with Gasteiger partial charge in [0.1, 0.15) is 11.6 Å². The Morgan fingerprint density at radius 2 is 2.14 bits per heavy atom. The normalized spacial score (nSPS) is 12.0. The van der Waals surface area contributed by atoms with Crippen LogP contribution < -0.4 is 5.32 Å². The Balaban J connectivity index is 1.85. The highest BCUT2D eigenvalue weighted by molar-refractivity contribution is 5.86. The number of nitriles is 1. The van der Waals surface area contributed by atoms with Crippen LogP contribution in [-0.2, 0) is 6.42 Å². The van der Waals surface area contributed by atoms with Crippen molar-refractivity contribution in [2.75, 3.05) is 5.32 Å². The average molecular weight is 277 g/mol. The van der Waals surface area contributed by atoms with E-state index in [9.17, 15) is 5.26 Å². The fourth-order valence-corrected chi connectivity index (χ4v) is 2.38. The number of para-hydroxylation sites is 1. The predicted octanol–water partition coefficient (Wildman–Crippen LogP) is 3.74. The molecule has 0 amide bonds. The third-order valence-corrected chi connectivity index (χ3v) is 3.32. The van der Waals surface area contributed by atoms with E-state index in [0.29, 0.717) is 11.4 Å². The zero-order valence-electron chi connectivity index (χ0n) is 11.7. The van der Waals surface area contributed by atoms with Gasteiger partial charge in [-0.25, -0.2) is 4.98 Å². The molecule has 0 saturated carbocycles. The molecule has 0 bridgehead atoms. The molecule has 2 aromatic heterocycles. The van der Waals surface area contributed by atoms with Gasteiger partial charge in [0, 0.05) is 17.8 Å². The Labute approximate surface area is 123 Å². The Morgan fingerprint density at radius 1 is 1.29 bits per heavy atom. The Bertz CT molecular complexity index is 787. The van der Waals surface area contributed by atoms with Crippen LogP contribution in [0.4, 0.5) is 5.82 Å². The van der Waals surface area contributed by atoms with Gasteiger partial charge in [-0.15, -0.1) is 0 Å². The van der Waals surface area contributed by atoms with Gasteiger partial charge in [0.2, 0.25) is 0 Å². The first-order valence-corrected chi connectivity index (χ1v) is 6.85. The van der Waals surface area contributed by atoms with Gasteiger partial charge in [-0.3, -0.25) is 0 Å². The van der Waals surface area contributed by atoms with E-state index >= 15 is 0 Å². The molecule has 0 aliphatic rings. The minimum Gasteiger partial charge on any atom is -0.469 e. The monoisotopic (exact) mass is 277 g/mol. The number of aromatic nitrogens is 1. The number of fused-ring (bicyclic) bond motifs is 1. The van der Waals surface area contributed by atoms with Crippen LogP contribution in [0.15, 0.2) is 53.1 Å². The van der Waals surface area contributed by atoms with Crippen LogP contribution in [0.25, 0.3) is 10.9 Å². The maximum atomic E-state index is 9.28. The second-order valence-corrected chi connectivity index (χ2v) is 5.01. The van der Waals surface area contributed by atoms with E-state index in [-0.39, 0.29) is 6.04 Å². The van der Waals surface area contributed by atoms with E-state index in [1.54, 1.807) is 12.3 Å². The average Bonchev–Trinajstić information content (AvgIpc) is 2.99. The SMILES string of the molecule is CC(Cc1ccco1)Nc1cc(C#N)c2ccccc2n1. The first kappa shape index (κ1) is 13.2. The summed E-state index contributed by atoms with van der Waals surface area (Å²) in [5.74, 6) is 1.64. The highest BCUT2D eigenvalue weighted by atomic mass is 16.3. The van der Waals surface area contributed by atoms with E-state index in [4.69, 9.17) is 4.42 Å². The summed E-state index contributed by atoms with van der Waals surface area (Å²) < 4.78 is 5.34. The first-order valence-electron chi connectivity index (χ1n) is 6.85. The van der Waals surface area contributed by atoms with Crippen molar-refractivity contribution in [3.63, 3.8) is 0 Å². The highest BCUT2D eigenvalue weighted by Gasteiger charge is 2.09. The van der Waals surface area contributed by atoms with Crippen molar-refractivity contribution in [2.45, 2.75) is 19.4 Å². The maximum Gasteiger partial charge on any atom is 0.128 e. The molecule has 1 unspecified atom stereocenters. The second kappa shape index (κ2) is 5.68. The van der Waals surface area contributed by atoms with E-state index in [2.05, 4.69) is 23.3 Å². The summed E-state index contributed by atoms with van der Waals surface area (Å²) in [6.45, 7) is 2.06. The van der Waals surface area contributed by atoms with E-state index in [1.807, 2.05) is 36.4 Å². The van der Waals surface area contributed by atoms with Crippen molar-refractivity contribution in [2.24, 2.45) is 0 Å². The molecule has 0 aliphatic carbocycles. The zero-order chi connectivity index (χ0) is 14.7. The van der Waals surface area contributed by atoms with Crippen LogP contribution in [-0.4, -0.2) is 11.0 Å². The molecule has 0 radical (unpaired) electrons. The molecule has 1 atom stereocenters. The summed E-state index contributed by atoms with van der Waals surface area (Å²) >= 11 is 0. The molecule has 0 fully saturated rings. The van der Waals surface area contributed by atoms with Gasteiger partial charge in [-0.05, 0) is 31.2 Å². The van der Waals surface area contributed by atoms with Gasteiger partial charge in [0.25, 0.3) is 0 Å². The Hall–Kier alpha value is -2.80. The molecule has 2 heterocycles. The highest BCUT2D eigenvalue weighted by Crippen LogP contribution is 2.20. The van der Waals surface area contributed by atoms with Gasteiger partial charge >= 0.3 is 0 Å². The molecule has 1 N–H and O–H groups in total. The van der Waals surface area contributed by atoms with E-state index in [0.717, 1.165) is 23.1 Å². The number of rotatable bonds is 4. The minimum absolute atomic E-state index is 0.163. The van der Waals surface area contributed by atoms with Crippen molar-refractivity contribution in [3.05, 3.63) is 60.1 Å². The van der Waals surface area contributed by atoms with E-state index in [1.165, 1.54) is 0 Å². The zero-order valence-corrected chi connectivity index (χ0v) is 11.7. The molecular weight excluding hydrogens is 262 g/mol. The van der Waals surface area contributed by atoms with Crippen molar-refractivity contribution < 1.29 is 4.42 Å². The van der Waals surface area contributed by atoms with Gasteiger partial charge in [0.15, 0.2) is 0 Å². The van der Waals surface area contributed by atoms with Crippen molar-refractivity contribution in [1.29, 1.82) is 5.26 Å². The topological polar surface area (TPSA) is 61.9 Å². The minimum atomic E-state index is 0.163. The molecule has 0 aliphatic heterocycles. The summed E-state index contributed by atoms with van der Waals surface area (Å²) in [6, 6.07) is 15.7. The molecule has 0 spiro atoms. The van der Waals surface area contributed by atoms with Crippen LogP contribution in [0.1, 0.15) is 18.2 Å². The van der Waals surface area contributed by atoms with Crippen LogP contribution >= 0.6 is 0 Å². The Kier molecular flexibility index (Phi) is 3.57. The van der Waals surface area contributed by atoms with Crippen molar-refractivity contribution in [3.8, 4) is 6.07 Å². The largest absolute Gasteiger partial charge is 0.469 e. The summed E-state index contributed by atoms with van der Waals surface area (Å²) in [5, 5.41) is 13.5. The number of hydrogen-bond donors (Lipinski definition) is 1. The molecular formula is C17H15N3O. The number of nitrogens with zero attached hydrogens (tertiary/aromatic N) is 2. The Morgan fingerprint density at radius 3 is 2.90 bits per heavy atom. The summed E-state index contributed by atoms with van der Waals surface area (Å²) in [5.41, 5.74) is 1.46. The van der Waals surface area contributed by atoms with Gasteiger partial charge in [-0.2, -0.15) is 5.26 Å². The van der Waals surface area contributed by atoms with E-state index < -0.39 is 0 Å². The summed E-state index contributed by atoms with van der Waals surface area (Å²) in [7, 11) is 0. The molecule has 3 rings (SSSR count). The number of hydrogen-bond acceptors (Lipinski definition) is 4. The fraction of sp³-hybridized carbons (Fsp3) is 0.176. The predicted molar refractivity (Wildman–Crippen MR) is 82.0 cm³/mol. The molecule has 0 saturated heterocycles. The summed E-state index contributed by atoms with van der Waals surface area (Å²) in [6.07, 6.45) is 2.44. The van der Waals surface area contributed by atoms with Crippen LogP contribution in [0.3, 0.4) is 0 Å². The van der Waals surface area contributed by atoms with Crippen LogP contribution in [0.2, 0.25) is 0 Å². The molecule has 1 aromatic carbocycles. The first-order chi connectivity index (χ1) is 10.3. The third kappa shape index (κ3) is 2.87. The lowest BCUT2D eigenvalue weighted by molar-refractivity contribution is 0.497. The van der Waals surface area contributed by atoms with Gasteiger partial charge < -0.3 is 9.73 Å². The second-order valence-electron chi connectivity index (χ2n) is 5.01. The third-order valence-electron chi connectivity index (χ3n) is 3.32. The lowest BCUT2D eigenvalue weighted by Gasteiger charge is -2.14. The maximum absolute atomic E-state index is 9.28. The molecule has 3 aromatic rings.